The first-order valence-corrected chi connectivity index (χ1v) is 11.5. The average molecular weight is 485 g/mol. The van der Waals surface area contributed by atoms with Crippen LogP contribution in [0.15, 0.2) is 47.6 Å². The molecule has 2 saturated carbocycles. The first-order valence-electron chi connectivity index (χ1n) is 10.7. The summed E-state index contributed by atoms with van der Waals surface area (Å²) in [6.07, 6.45) is 0.493. The highest BCUT2D eigenvalue weighted by molar-refractivity contribution is 6.37. The smallest absolute Gasteiger partial charge is 0.308 e. The third-order valence-electron chi connectivity index (χ3n) is 7.25. The van der Waals surface area contributed by atoms with Crippen molar-refractivity contribution in [1.82, 2.24) is 0 Å². The maximum absolute atomic E-state index is 13.5. The molecule has 4 aliphatic rings. The topological polar surface area (TPSA) is 85.3 Å². The molecule has 2 bridgehead atoms. The summed E-state index contributed by atoms with van der Waals surface area (Å²) in [5.74, 6) is -1.58. The summed E-state index contributed by atoms with van der Waals surface area (Å²) < 4.78 is 5.05. The maximum Gasteiger partial charge on any atom is 0.308 e. The highest BCUT2D eigenvalue weighted by atomic mass is 35.5. The number of amides is 2. The van der Waals surface area contributed by atoms with Gasteiger partial charge in [-0.1, -0.05) is 34.4 Å². The highest BCUT2D eigenvalue weighted by Crippen LogP contribution is 2.62. The molecule has 6 atom stereocenters. The molecule has 6 rings (SSSR count). The Labute approximate surface area is 199 Å². The van der Waals surface area contributed by atoms with Crippen LogP contribution in [0.5, 0.6) is 5.75 Å². The van der Waals surface area contributed by atoms with E-state index in [4.69, 9.17) is 32.8 Å². The van der Waals surface area contributed by atoms with Gasteiger partial charge in [0.15, 0.2) is 0 Å². The van der Waals surface area contributed by atoms with E-state index in [9.17, 15) is 14.4 Å². The number of carbonyl (C=O) groups excluding carboxylic acids is 3. The SMILES string of the molecule is CC(=O)Oc1ccc(N2C(=O)[C@@H]3[C@H]4C[C@@H]([C@@H]5C(c6ccc(Cl)cc6Cl)=NO[C@@H]45)[C@@H]3C2=O)cc1. The van der Waals surface area contributed by atoms with Crippen molar-refractivity contribution in [3.63, 3.8) is 0 Å². The molecule has 1 saturated heterocycles. The number of hydrogen-bond donors (Lipinski definition) is 0. The lowest BCUT2D eigenvalue weighted by molar-refractivity contribution is -0.132. The largest absolute Gasteiger partial charge is 0.427 e. The van der Waals surface area contributed by atoms with Gasteiger partial charge in [0.25, 0.3) is 0 Å². The van der Waals surface area contributed by atoms with Gasteiger partial charge in [-0.2, -0.15) is 0 Å². The minimum atomic E-state index is -0.438. The molecule has 2 aliphatic carbocycles. The summed E-state index contributed by atoms with van der Waals surface area (Å²) >= 11 is 12.5. The first kappa shape index (κ1) is 20.7. The van der Waals surface area contributed by atoms with Crippen molar-refractivity contribution in [2.24, 2.45) is 34.7 Å². The van der Waals surface area contributed by atoms with E-state index in [1.807, 2.05) is 6.07 Å². The number of fused-ring (bicyclic) bond motifs is 8. The number of anilines is 1. The quantitative estimate of drug-likeness (QED) is 0.372. The number of ether oxygens (including phenoxy) is 1. The number of carbonyl (C=O) groups is 3. The molecule has 2 aliphatic heterocycles. The van der Waals surface area contributed by atoms with E-state index in [1.54, 1.807) is 36.4 Å². The molecule has 7 nitrogen and oxygen atoms in total. The van der Waals surface area contributed by atoms with Crippen LogP contribution in [-0.4, -0.2) is 29.6 Å². The van der Waals surface area contributed by atoms with Gasteiger partial charge in [0, 0.05) is 29.3 Å². The number of halogens is 2. The van der Waals surface area contributed by atoms with Crippen LogP contribution >= 0.6 is 23.2 Å². The van der Waals surface area contributed by atoms with Gasteiger partial charge in [0.05, 0.1) is 28.3 Å². The van der Waals surface area contributed by atoms with Crippen molar-refractivity contribution in [3.05, 3.63) is 58.1 Å². The molecule has 33 heavy (non-hydrogen) atoms. The third-order valence-corrected chi connectivity index (χ3v) is 7.80. The number of hydrogen-bond acceptors (Lipinski definition) is 6. The van der Waals surface area contributed by atoms with Gasteiger partial charge in [-0.05, 0) is 48.7 Å². The first-order chi connectivity index (χ1) is 15.8. The second-order valence-corrected chi connectivity index (χ2v) is 9.75. The molecule has 0 aromatic heterocycles. The fourth-order valence-electron chi connectivity index (χ4n) is 6.13. The van der Waals surface area contributed by atoms with E-state index in [0.29, 0.717) is 21.5 Å². The summed E-state index contributed by atoms with van der Waals surface area (Å²) in [5.41, 5.74) is 1.93. The highest BCUT2D eigenvalue weighted by Gasteiger charge is 2.70. The molecule has 2 amide bonds. The molecule has 2 aromatic carbocycles. The molecule has 168 valence electrons. The van der Waals surface area contributed by atoms with E-state index in [-0.39, 0.29) is 35.7 Å². The van der Waals surface area contributed by atoms with Gasteiger partial charge in [-0.25, -0.2) is 0 Å². The third kappa shape index (κ3) is 2.95. The maximum atomic E-state index is 13.5. The molecule has 0 N–H and O–H groups in total. The zero-order chi connectivity index (χ0) is 23.0. The molecule has 2 heterocycles. The predicted molar refractivity (Wildman–Crippen MR) is 120 cm³/mol. The molecular formula is C24H18Cl2N2O5. The Hall–Kier alpha value is -2.90. The molecule has 9 heteroatoms. The molecule has 0 unspecified atom stereocenters. The molecule has 2 aromatic rings. The zero-order valence-electron chi connectivity index (χ0n) is 17.4. The van der Waals surface area contributed by atoms with Crippen molar-refractivity contribution in [2.75, 3.05) is 4.90 Å². The summed E-state index contributed by atoms with van der Waals surface area (Å²) in [7, 11) is 0. The lowest BCUT2D eigenvalue weighted by atomic mass is 9.71. The van der Waals surface area contributed by atoms with Crippen molar-refractivity contribution in [2.45, 2.75) is 19.4 Å². The van der Waals surface area contributed by atoms with Crippen LogP contribution in [0.2, 0.25) is 10.0 Å². The Morgan fingerprint density at radius 2 is 1.73 bits per heavy atom. The second kappa shape index (κ2) is 7.30. The Morgan fingerprint density at radius 3 is 2.39 bits per heavy atom. The fraction of sp³-hybridized carbons (Fsp3) is 0.333. The zero-order valence-corrected chi connectivity index (χ0v) is 18.9. The molecule has 3 fully saturated rings. The van der Waals surface area contributed by atoms with E-state index in [1.165, 1.54) is 11.8 Å². The standard InChI is InChI=1S/C24H18Cl2N2O5/c1-10(29)32-13-5-3-12(4-6-13)28-23(30)18-15-9-16(19(18)24(28)31)22-20(15)21(27-33-22)14-7-2-11(25)8-17(14)26/h2-8,15-16,18-20,22H,9H2,1H3/t15-,16-,18+,19-,20-,22+/m1/s1. The van der Waals surface area contributed by atoms with E-state index >= 15 is 0 Å². The Kier molecular flexibility index (Phi) is 4.58. The van der Waals surface area contributed by atoms with Crippen LogP contribution < -0.4 is 9.64 Å². The van der Waals surface area contributed by atoms with Crippen LogP contribution in [0.1, 0.15) is 18.9 Å². The van der Waals surface area contributed by atoms with Gasteiger partial charge in [-0.3, -0.25) is 19.3 Å². The van der Waals surface area contributed by atoms with E-state index in [2.05, 4.69) is 5.16 Å². The van der Waals surface area contributed by atoms with Crippen LogP contribution in [0.4, 0.5) is 5.69 Å². The average Bonchev–Trinajstić information content (AvgIpc) is 3.49. The second-order valence-electron chi connectivity index (χ2n) is 8.91. The number of benzene rings is 2. The lowest BCUT2D eigenvalue weighted by Gasteiger charge is -2.30. The number of nitrogens with zero attached hydrogens (tertiary/aromatic N) is 2. The minimum absolute atomic E-state index is 0.0558. The number of oxime groups is 1. The van der Waals surface area contributed by atoms with Crippen molar-refractivity contribution >= 4 is 52.4 Å². The summed E-state index contributed by atoms with van der Waals surface area (Å²) in [5, 5.41) is 5.33. The van der Waals surface area contributed by atoms with Crippen molar-refractivity contribution < 1.29 is 24.0 Å². The lowest BCUT2D eigenvalue weighted by Crippen LogP contribution is -2.41. The number of esters is 1. The Morgan fingerprint density at radius 1 is 1.03 bits per heavy atom. The predicted octanol–water partition coefficient (Wildman–Crippen LogP) is 4.09. The van der Waals surface area contributed by atoms with Crippen LogP contribution in [-0.2, 0) is 19.2 Å². The van der Waals surface area contributed by atoms with Gasteiger partial charge >= 0.3 is 5.97 Å². The van der Waals surface area contributed by atoms with Gasteiger partial charge in [0.1, 0.15) is 11.9 Å². The Balaban J connectivity index is 1.30. The number of imide groups is 1. The van der Waals surface area contributed by atoms with Gasteiger partial charge < -0.3 is 9.57 Å². The molecular weight excluding hydrogens is 467 g/mol. The van der Waals surface area contributed by atoms with E-state index < -0.39 is 17.8 Å². The van der Waals surface area contributed by atoms with Gasteiger partial charge in [0.2, 0.25) is 11.8 Å². The summed E-state index contributed by atoms with van der Waals surface area (Å²) in [4.78, 5) is 45.1. The molecule has 0 spiro atoms. The fourth-order valence-corrected chi connectivity index (χ4v) is 6.63. The van der Waals surface area contributed by atoms with Crippen LogP contribution in [0.3, 0.4) is 0 Å². The van der Waals surface area contributed by atoms with Crippen molar-refractivity contribution in [1.29, 1.82) is 0 Å². The summed E-state index contributed by atoms with van der Waals surface area (Å²) in [6.45, 7) is 1.31. The van der Waals surface area contributed by atoms with Crippen LogP contribution in [0.25, 0.3) is 0 Å². The normalized spacial score (nSPS) is 31.4. The number of rotatable bonds is 3. The van der Waals surface area contributed by atoms with E-state index in [0.717, 1.165) is 17.7 Å². The Bertz CT molecular complexity index is 1240. The minimum Gasteiger partial charge on any atom is -0.427 e. The molecule has 0 radical (unpaired) electrons. The van der Waals surface area contributed by atoms with Gasteiger partial charge in [-0.15, -0.1) is 0 Å². The van der Waals surface area contributed by atoms with Crippen LogP contribution in [0, 0.1) is 29.6 Å². The monoisotopic (exact) mass is 484 g/mol. The van der Waals surface area contributed by atoms with Crippen molar-refractivity contribution in [3.8, 4) is 5.75 Å². The summed E-state index contributed by atoms with van der Waals surface area (Å²) in [6, 6.07) is 11.6.